The summed E-state index contributed by atoms with van der Waals surface area (Å²) in [6.07, 6.45) is 0. The number of rotatable bonds is 5. The summed E-state index contributed by atoms with van der Waals surface area (Å²) in [4.78, 5) is 12.3. The Labute approximate surface area is 109 Å². The van der Waals surface area contributed by atoms with Gasteiger partial charge in [-0.3, -0.25) is 4.79 Å². The van der Waals surface area contributed by atoms with Crippen molar-refractivity contribution < 1.29 is 9.90 Å². The van der Waals surface area contributed by atoms with Gasteiger partial charge in [0.05, 0.1) is 0 Å². The molecule has 2 nitrogen and oxygen atoms in total. The number of carbonyl (C=O) groups is 1. The number of thioether (sulfide) groups is 1. The first-order valence-electron chi connectivity index (χ1n) is 5.08. The van der Waals surface area contributed by atoms with Crippen molar-refractivity contribution in [1.29, 1.82) is 0 Å². The molecule has 0 aliphatic carbocycles. The van der Waals surface area contributed by atoms with Gasteiger partial charge in [-0.25, -0.2) is 0 Å². The molecule has 0 saturated carbocycles. The number of benzene rings is 1. The van der Waals surface area contributed by atoms with E-state index in [1.54, 1.807) is 18.7 Å². The van der Waals surface area contributed by atoms with Gasteiger partial charge in [0.25, 0.3) is 0 Å². The molecule has 16 heavy (non-hydrogen) atoms. The lowest BCUT2D eigenvalue weighted by Crippen LogP contribution is -2.03. The average Bonchev–Trinajstić information content (AvgIpc) is 2.25. The van der Waals surface area contributed by atoms with Crippen molar-refractivity contribution in [1.82, 2.24) is 0 Å². The zero-order chi connectivity index (χ0) is 12.1. The summed E-state index contributed by atoms with van der Waals surface area (Å²) < 4.78 is 0.835. The van der Waals surface area contributed by atoms with Gasteiger partial charge < -0.3 is 5.11 Å². The van der Waals surface area contributed by atoms with E-state index < -0.39 is 0 Å². The molecule has 1 rings (SSSR count). The minimum Gasteiger partial charge on any atom is -0.396 e. The van der Waals surface area contributed by atoms with E-state index in [0.717, 1.165) is 15.1 Å². The molecule has 0 aliphatic rings. The molecule has 0 radical (unpaired) electrons. The first-order chi connectivity index (χ1) is 7.54. The molecule has 1 N–H and O–H groups in total. The van der Waals surface area contributed by atoms with Crippen LogP contribution in [0.25, 0.3) is 0 Å². The monoisotopic (exact) mass is 302 g/mol. The molecule has 1 aromatic carbocycles. The maximum Gasteiger partial charge on any atom is 0.160 e. The number of hydrogen-bond acceptors (Lipinski definition) is 3. The van der Waals surface area contributed by atoms with Gasteiger partial charge in [0, 0.05) is 27.3 Å². The van der Waals surface area contributed by atoms with Crippen molar-refractivity contribution in [2.24, 2.45) is 5.92 Å². The highest BCUT2D eigenvalue weighted by Crippen LogP contribution is 2.26. The molecule has 0 aliphatic heterocycles. The topological polar surface area (TPSA) is 37.3 Å². The van der Waals surface area contributed by atoms with Crippen LogP contribution in [0.4, 0.5) is 0 Å². The van der Waals surface area contributed by atoms with Crippen molar-refractivity contribution in [3.63, 3.8) is 0 Å². The van der Waals surface area contributed by atoms with Crippen LogP contribution in [0.15, 0.2) is 27.6 Å². The average molecular weight is 303 g/mol. The van der Waals surface area contributed by atoms with Crippen molar-refractivity contribution in [3.8, 4) is 0 Å². The summed E-state index contributed by atoms with van der Waals surface area (Å²) in [5.41, 5.74) is 0.708. The number of hydrogen-bond donors (Lipinski definition) is 1. The number of ketones is 1. The lowest BCUT2D eigenvalue weighted by atomic mass is 10.1. The standard InChI is InChI=1S/C12H15BrO2S/c1-8(6-14)7-16-10-3-4-11(9(2)15)12(13)5-10/h3-5,8,14H,6-7H2,1-2H3. The molecule has 1 aromatic rings. The van der Waals surface area contributed by atoms with Gasteiger partial charge in [0.2, 0.25) is 0 Å². The van der Waals surface area contributed by atoms with Crippen LogP contribution in [0.3, 0.4) is 0 Å². The molecule has 0 aromatic heterocycles. The van der Waals surface area contributed by atoms with Gasteiger partial charge in [-0.2, -0.15) is 0 Å². The fourth-order valence-corrected chi connectivity index (χ4v) is 2.92. The van der Waals surface area contributed by atoms with Crippen molar-refractivity contribution >= 4 is 33.5 Å². The number of carbonyl (C=O) groups excluding carboxylic acids is 1. The van der Waals surface area contributed by atoms with Crippen LogP contribution in [-0.4, -0.2) is 23.2 Å². The Kier molecular flexibility index (Phi) is 5.52. The van der Waals surface area contributed by atoms with E-state index in [0.29, 0.717) is 5.56 Å². The zero-order valence-corrected chi connectivity index (χ0v) is 11.8. The molecule has 0 fully saturated rings. The highest BCUT2D eigenvalue weighted by Gasteiger charge is 2.07. The van der Waals surface area contributed by atoms with Gasteiger partial charge in [-0.1, -0.05) is 22.9 Å². The van der Waals surface area contributed by atoms with Crippen LogP contribution in [-0.2, 0) is 0 Å². The third-order valence-electron chi connectivity index (χ3n) is 2.17. The van der Waals surface area contributed by atoms with Crippen LogP contribution in [0, 0.1) is 5.92 Å². The van der Waals surface area contributed by atoms with E-state index in [2.05, 4.69) is 15.9 Å². The number of Topliss-reactive ketones (excluding diaryl/α,β-unsaturated/α-hetero) is 1. The van der Waals surface area contributed by atoms with Crippen molar-refractivity contribution in [2.75, 3.05) is 12.4 Å². The highest BCUT2D eigenvalue weighted by molar-refractivity contribution is 9.10. The van der Waals surface area contributed by atoms with E-state index >= 15 is 0 Å². The molecule has 1 atom stereocenters. The number of aliphatic hydroxyl groups excluding tert-OH is 1. The zero-order valence-electron chi connectivity index (χ0n) is 9.37. The van der Waals surface area contributed by atoms with Crippen LogP contribution in [0.1, 0.15) is 24.2 Å². The van der Waals surface area contributed by atoms with E-state index in [1.807, 2.05) is 25.1 Å². The fourth-order valence-electron chi connectivity index (χ4n) is 1.16. The number of aliphatic hydroxyl groups is 1. The molecule has 0 heterocycles. The smallest absolute Gasteiger partial charge is 0.160 e. The second-order valence-corrected chi connectivity index (χ2v) is 5.74. The van der Waals surface area contributed by atoms with E-state index in [9.17, 15) is 4.79 Å². The minimum absolute atomic E-state index is 0.0622. The number of halogens is 1. The minimum atomic E-state index is 0.0622. The fraction of sp³-hybridized carbons (Fsp3) is 0.417. The summed E-state index contributed by atoms with van der Waals surface area (Å²) in [5.74, 6) is 1.23. The van der Waals surface area contributed by atoms with Gasteiger partial charge in [-0.15, -0.1) is 11.8 Å². The van der Waals surface area contributed by atoms with Crippen molar-refractivity contribution in [2.45, 2.75) is 18.7 Å². The predicted molar refractivity (Wildman–Crippen MR) is 71.1 cm³/mol. The quantitative estimate of drug-likeness (QED) is 0.669. The molecule has 88 valence electrons. The molecule has 0 bridgehead atoms. The molecule has 0 saturated heterocycles. The van der Waals surface area contributed by atoms with Crippen molar-refractivity contribution in [3.05, 3.63) is 28.2 Å². The first-order valence-corrected chi connectivity index (χ1v) is 6.86. The third-order valence-corrected chi connectivity index (χ3v) is 4.15. The highest BCUT2D eigenvalue weighted by atomic mass is 79.9. The van der Waals surface area contributed by atoms with Crippen LogP contribution in [0.5, 0.6) is 0 Å². The van der Waals surface area contributed by atoms with E-state index in [1.165, 1.54) is 0 Å². The third kappa shape index (κ3) is 3.92. The van der Waals surface area contributed by atoms with Gasteiger partial charge in [-0.05, 0) is 31.0 Å². The second kappa shape index (κ2) is 6.42. The molecular formula is C12H15BrO2S. The van der Waals surface area contributed by atoms with Crippen LogP contribution < -0.4 is 0 Å². The summed E-state index contributed by atoms with van der Waals surface area (Å²) in [7, 11) is 0. The Morgan fingerprint density at radius 3 is 2.75 bits per heavy atom. The molecule has 0 amide bonds. The van der Waals surface area contributed by atoms with Gasteiger partial charge >= 0.3 is 0 Å². The normalized spacial score (nSPS) is 12.5. The Balaban J connectivity index is 2.70. The molecule has 0 spiro atoms. The summed E-state index contributed by atoms with van der Waals surface area (Å²) in [6.45, 7) is 3.77. The largest absolute Gasteiger partial charge is 0.396 e. The summed E-state index contributed by atoms with van der Waals surface area (Å²) in [5, 5.41) is 8.92. The maximum atomic E-state index is 11.2. The molecule has 4 heteroatoms. The molecular weight excluding hydrogens is 288 g/mol. The van der Waals surface area contributed by atoms with Gasteiger partial charge in [0.1, 0.15) is 0 Å². The van der Waals surface area contributed by atoms with E-state index in [4.69, 9.17) is 5.11 Å². The first kappa shape index (κ1) is 13.7. The second-order valence-electron chi connectivity index (χ2n) is 3.80. The SMILES string of the molecule is CC(=O)c1ccc(SCC(C)CO)cc1Br. The Morgan fingerprint density at radius 1 is 1.56 bits per heavy atom. The Morgan fingerprint density at radius 2 is 2.25 bits per heavy atom. The molecule has 1 unspecified atom stereocenters. The van der Waals surface area contributed by atoms with Crippen LogP contribution in [0.2, 0.25) is 0 Å². The Hall–Kier alpha value is -0.320. The summed E-state index contributed by atoms with van der Waals surface area (Å²) in [6, 6.07) is 5.72. The van der Waals surface area contributed by atoms with Gasteiger partial charge in [0.15, 0.2) is 5.78 Å². The lowest BCUT2D eigenvalue weighted by Gasteiger charge is -2.08. The van der Waals surface area contributed by atoms with E-state index in [-0.39, 0.29) is 18.3 Å². The summed E-state index contributed by atoms with van der Waals surface area (Å²) >= 11 is 5.07. The lowest BCUT2D eigenvalue weighted by molar-refractivity contribution is 0.101. The Bertz CT molecular complexity index is 379. The maximum absolute atomic E-state index is 11.2. The van der Waals surface area contributed by atoms with Crippen LogP contribution >= 0.6 is 27.7 Å². The predicted octanol–water partition coefficient (Wildman–Crippen LogP) is 3.37.